The third-order valence-electron chi connectivity index (χ3n) is 12.1. The van der Waals surface area contributed by atoms with Crippen molar-refractivity contribution in [2.24, 2.45) is 28.8 Å². The second-order valence-electron chi connectivity index (χ2n) is 17.6. The quantitative estimate of drug-likeness (QED) is 0.0711. The Morgan fingerprint density at radius 2 is 1.53 bits per heavy atom. The van der Waals surface area contributed by atoms with E-state index in [1.54, 1.807) is 48.5 Å². The lowest BCUT2D eigenvalue weighted by molar-refractivity contribution is -0.316. The maximum atomic E-state index is 14.2. The maximum absolute atomic E-state index is 14.2. The molecule has 0 aliphatic carbocycles. The molecule has 17 heteroatoms. The predicted molar refractivity (Wildman–Crippen MR) is 208 cm³/mol. The van der Waals surface area contributed by atoms with E-state index < -0.39 is 102 Å². The van der Waals surface area contributed by atoms with Gasteiger partial charge in [0.05, 0.1) is 66.6 Å². The molecule has 3 aliphatic rings. The van der Waals surface area contributed by atoms with Crippen LogP contribution in [0.2, 0.25) is 0 Å². The van der Waals surface area contributed by atoms with E-state index in [-0.39, 0.29) is 50.5 Å². The van der Waals surface area contributed by atoms with E-state index in [0.29, 0.717) is 13.0 Å². The predicted octanol–water partition coefficient (Wildman–Crippen LogP) is 1.56. The second-order valence-corrected chi connectivity index (χ2v) is 17.6. The fourth-order valence-corrected chi connectivity index (χ4v) is 8.74. The number of hydrogen-bond acceptors (Lipinski definition) is 17. The SMILES string of the molecule is CC[C@H]1OC(=O)[C@H](C)[C@@H](O[C@H]2C[C@@](C)(O)[C@@H](O)[C@H](C)O2)[C@H](C)[C@@H](O[C@@H]2O[C@H](C)C[C@H](N(C)C)[C@H]2O)[C@](C)(O)C[C@@H](C)/C(=N/OCOCCOC)[C@H](C)[C@@H](O)[C@]1(C)O. The fourth-order valence-electron chi connectivity index (χ4n) is 8.74. The van der Waals surface area contributed by atoms with E-state index in [4.69, 9.17) is 38.0 Å². The van der Waals surface area contributed by atoms with Crippen LogP contribution >= 0.6 is 0 Å². The molecule has 3 saturated heterocycles. The van der Waals surface area contributed by atoms with Crippen molar-refractivity contribution >= 4 is 11.7 Å². The molecule has 0 unspecified atom stereocenters. The Morgan fingerprint density at radius 1 is 0.877 bits per heavy atom. The molecule has 57 heavy (non-hydrogen) atoms. The van der Waals surface area contributed by atoms with Gasteiger partial charge in [-0.2, -0.15) is 0 Å². The first-order chi connectivity index (χ1) is 26.4. The van der Waals surface area contributed by atoms with Gasteiger partial charge < -0.3 is 73.5 Å². The summed E-state index contributed by atoms with van der Waals surface area (Å²) in [7, 11) is 5.24. The molecule has 0 bridgehead atoms. The standard InChI is InChI=1S/C40H74N2O15/c1-14-28-40(10,49)33(44)23(4)30(41-52-20-51-16-15-50-13)21(2)18-39(9,48)35(57-37-31(43)27(42(11)12)17-22(3)53-37)24(5)32(25(6)36(46)55-28)56-29-19-38(8,47)34(45)26(7)54-29/h21-29,31-35,37,43-45,47-49H,14-20H2,1-13H3/b41-30-/t21-,22-,23+,24+,25-,26+,27+,28-,29+,31-,32+,33-,34+,35-,37+,38-,39-,40-/m1/s1. The van der Waals surface area contributed by atoms with E-state index in [2.05, 4.69) is 5.16 Å². The number of ether oxygens (including phenoxy) is 7. The van der Waals surface area contributed by atoms with E-state index in [9.17, 15) is 35.4 Å². The Hall–Kier alpha value is -1.58. The summed E-state index contributed by atoms with van der Waals surface area (Å²) in [6, 6.07) is -0.341. The summed E-state index contributed by atoms with van der Waals surface area (Å²) in [6.07, 6.45) is -10.5. The topological polar surface area (TPSA) is 228 Å². The van der Waals surface area contributed by atoms with E-state index in [0.717, 1.165) is 0 Å². The van der Waals surface area contributed by atoms with Gasteiger partial charge in [0, 0.05) is 37.3 Å². The van der Waals surface area contributed by atoms with E-state index in [1.807, 2.05) is 25.9 Å². The Balaban J connectivity index is 2.21. The minimum absolute atomic E-state index is 0.0516. The molecule has 3 fully saturated rings. The number of aliphatic hydroxyl groups excluding tert-OH is 3. The molecule has 0 aromatic carbocycles. The van der Waals surface area contributed by atoms with Crippen molar-refractivity contribution in [1.82, 2.24) is 4.90 Å². The number of carbonyl (C=O) groups excluding carboxylic acids is 1. The number of methoxy groups -OCH3 is 1. The minimum atomic E-state index is -1.98. The van der Waals surface area contributed by atoms with Crippen LogP contribution in [0.25, 0.3) is 0 Å². The van der Waals surface area contributed by atoms with Crippen molar-refractivity contribution in [3.63, 3.8) is 0 Å². The Kier molecular flexibility index (Phi) is 18.2. The van der Waals surface area contributed by atoms with Crippen molar-refractivity contribution < 1.29 is 73.4 Å². The number of likely N-dealkylation sites (N-methyl/N-ethyl adjacent to an activating group) is 1. The van der Waals surface area contributed by atoms with Gasteiger partial charge in [-0.1, -0.05) is 32.9 Å². The van der Waals surface area contributed by atoms with Gasteiger partial charge in [-0.25, -0.2) is 0 Å². The Morgan fingerprint density at radius 3 is 2.11 bits per heavy atom. The van der Waals surface area contributed by atoms with Gasteiger partial charge in [-0.3, -0.25) is 4.79 Å². The van der Waals surface area contributed by atoms with Crippen LogP contribution in [-0.2, 0) is 42.8 Å². The molecule has 17 nitrogen and oxygen atoms in total. The second kappa shape index (κ2) is 20.8. The van der Waals surface area contributed by atoms with Gasteiger partial charge >= 0.3 is 5.97 Å². The normalized spacial score (nSPS) is 46.4. The third-order valence-corrected chi connectivity index (χ3v) is 12.1. The molecule has 0 spiro atoms. The zero-order valence-electron chi connectivity index (χ0n) is 36.4. The average molecular weight is 823 g/mol. The van der Waals surface area contributed by atoms with Crippen LogP contribution in [0.3, 0.4) is 0 Å². The zero-order chi connectivity index (χ0) is 43.2. The van der Waals surface area contributed by atoms with Crippen molar-refractivity contribution in [1.29, 1.82) is 0 Å². The fraction of sp³-hybridized carbons (Fsp3) is 0.950. The number of esters is 1. The highest BCUT2D eigenvalue weighted by molar-refractivity contribution is 5.88. The first-order valence-electron chi connectivity index (χ1n) is 20.4. The molecule has 18 atom stereocenters. The molecule has 0 radical (unpaired) electrons. The Bertz CT molecular complexity index is 1280. The molecule has 3 heterocycles. The Labute approximate surface area is 338 Å². The highest BCUT2D eigenvalue weighted by Gasteiger charge is 2.53. The van der Waals surface area contributed by atoms with Crippen LogP contribution in [-0.4, -0.2) is 173 Å². The zero-order valence-corrected chi connectivity index (χ0v) is 36.4. The lowest BCUT2D eigenvalue weighted by Gasteiger charge is -2.48. The summed E-state index contributed by atoms with van der Waals surface area (Å²) in [5.74, 6) is -4.28. The number of hydrogen-bond donors (Lipinski definition) is 6. The molecule has 0 aromatic heterocycles. The average Bonchev–Trinajstić information content (AvgIpc) is 3.12. The summed E-state index contributed by atoms with van der Waals surface area (Å²) < 4.78 is 42.0. The van der Waals surface area contributed by atoms with Gasteiger partial charge in [0.15, 0.2) is 12.6 Å². The van der Waals surface area contributed by atoms with Crippen LogP contribution in [0.5, 0.6) is 0 Å². The highest BCUT2D eigenvalue weighted by Crippen LogP contribution is 2.40. The van der Waals surface area contributed by atoms with E-state index >= 15 is 0 Å². The first kappa shape index (κ1) is 49.8. The smallest absolute Gasteiger partial charge is 0.311 e. The molecular weight excluding hydrogens is 748 g/mol. The lowest BCUT2D eigenvalue weighted by atomic mass is 9.73. The molecule has 0 saturated carbocycles. The molecule has 0 aromatic rings. The van der Waals surface area contributed by atoms with Crippen LogP contribution in [0.4, 0.5) is 0 Å². The number of rotatable bonds is 12. The summed E-state index contributed by atoms with van der Waals surface area (Å²) in [4.78, 5) is 21.7. The maximum Gasteiger partial charge on any atom is 0.311 e. The van der Waals surface area contributed by atoms with E-state index in [1.165, 1.54) is 21.0 Å². The van der Waals surface area contributed by atoms with Crippen molar-refractivity contribution in [2.75, 3.05) is 41.2 Å². The van der Waals surface area contributed by atoms with Gasteiger partial charge in [0.1, 0.15) is 23.9 Å². The molecular formula is C40H74N2O15. The molecule has 3 rings (SSSR count). The molecule has 3 aliphatic heterocycles. The molecule has 6 N–H and O–H groups in total. The van der Waals surface area contributed by atoms with Crippen LogP contribution in [0, 0.1) is 23.7 Å². The number of nitrogens with zero attached hydrogens (tertiary/aromatic N) is 2. The van der Waals surface area contributed by atoms with Crippen LogP contribution in [0.1, 0.15) is 94.9 Å². The summed E-state index contributed by atoms with van der Waals surface area (Å²) in [5, 5.41) is 74.2. The third kappa shape index (κ3) is 12.3. The number of oxime groups is 1. The summed E-state index contributed by atoms with van der Waals surface area (Å²) in [5.41, 5.74) is -5.09. The monoisotopic (exact) mass is 823 g/mol. The van der Waals surface area contributed by atoms with Crippen molar-refractivity contribution in [2.45, 2.75) is 179 Å². The van der Waals surface area contributed by atoms with Gasteiger partial charge in [-0.05, 0) is 74.9 Å². The number of cyclic esters (lactones) is 1. The van der Waals surface area contributed by atoms with Crippen molar-refractivity contribution in [3.05, 3.63) is 0 Å². The van der Waals surface area contributed by atoms with Gasteiger partial charge in [-0.15, -0.1) is 0 Å². The largest absolute Gasteiger partial charge is 0.459 e. The summed E-state index contributed by atoms with van der Waals surface area (Å²) >= 11 is 0. The molecule has 0 amide bonds. The first-order valence-corrected chi connectivity index (χ1v) is 20.4. The van der Waals surface area contributed by atoms with Crippen LogP contribution < -0.4 is 0 Å². The van der Waals surface area contributed by atoms with Crippen LogP contribution in [0.15, 0.2) is 5.16 Å². The minimum Gasteiger partial charge on any atom is -0.459 e. The van der Waals surface area contributed by atoms with Gasteiger partial charge in [0.2, 0.25) is 6.79 Å². The number of aliphatic hydroxyl groups is 6. The number of carbonyl (C=O) groups is 1. The highest BCUT2D eigenvalue weighted by atomic mass is 16.7. The molecule has 334 valence electrons. The van der Waals surface area contributed by atoms with Crippen molar-refractivity contribution in [3.8, 4) is 0 Å². The summed E-state index contributed by atoms with van der Waals surface area (Å²) in [6.45, 7) is 16.7. The lowest BCUT2D eigenvalue weighted by Crippen LogP contribution is -2.61. The van der Waals surface area contributed by atoms with Gasteiger partial charge in [0.25, 0.3) is 0 Å².